The molecule has 62 heavy (non-hydrogen) atoms. The van der Waals surface area contributed by atoms with Crippen LogP contribution in [-0.2, 0) is 0 Å². The van der Waals surface area contributed by atoms with E-state index in [1.54, 1.807) is 0 Å². The Morgan fingerprint density at radius 1 is 0.242 bits per heavy atom. The molecule has 13 rings (SSSR count). The lowest BCUT2D eigenvalue weighted by atomic mass is 9.92. The van der Waals surface area contributed by atoms with Crippen molar-refractivity contribution in [3.05, 3.63) is 231 Å². The van der Waals surface area contributed by atoms with Gasteiger partial charge < -0.3 is 0 Å². The molecule has 0 spiro atoms. The first-order valence-electron chi connectivity index (χ1n) is 21.3. The number of fused-ring (bicyclic) bond motifs is 10. The molecule has 4 nitrogen and oxygen atoms in total. The van der Waals surface area contributed by atoms with Gasteiger partial charge in [-0.2, -0.15) is 0 Å². The Kier molecular flexibility index (Phi) is 7.57. The van der Waals surface area contributed by atoms with Crippen molar-refractivity contribution in [2.75, 3.05) is 0 Å². The highest BCUT2D eigenvalue weighted by atomic mass is 15.2. The molecule has 0 atom stereocenters. The first kappa shape index (κ1) is 34.5. The van der Waals surface area contributed by atoms with Crippen LogP contribution in [0.25, 0.3) is 111 Å². The van der Waals surface area contributed by atoms with Crippen LogP contribution in [0.15, 0.2) is 231 Å². The van der Waals surface area contributed by atoms with E-state index < -0.39 is 0 Å². The van der Waals surface area contributed by atoms with Crippen LogP contribution in [0.4, 0.5) is 0 Å². The van der Waals surface area contributed by atoms with E-state index in [0.29, 0.717) is 0 Å². The van der Waals surface area contributed by atoms with E-state index in [4.69, 9.17) is 0 Å². The molecule has 4 heterocycles. The van der Waals surface area contributed by atoms with Gasteiger partial charge in [0, 0.05) is 60.6 Å². The molecule has 4 heteroatoms. The normalized spacial score (nSPS) is 11.9. The maximum absolute atomic E-state index is 2.53. The van der Waals surface area contributed by atoms with Crippen LogP contribution in [0.3, 0.4) is 0 Å². The van der Waals surface area contributed by atoms with Gasteiger partial charge in [0.25, 0.3) is 0 Å². The molecule has 0 aliphatic heterocycles. The fraction of sp³-hybridized carbons (Fsp3) is 0. The summed E-state index contributed by atoms with van der Waals surface area (Å²) in [4.78, 5) is 0. The van der Waals surface area contributed by atoms with E-state index in [2.05, 4.69) is 249 Å². The van der Waals surface area contributed by atoms with Crippen molar-refractivity contribution in [2.24, 2.45) is 0 Å². The first-order valence-corrected chi connectivity index (χ1v) is 21.3. The Hall–Kier alpha value is -8.34. The fourth-order valence-electron chi connectivity index (χ4n) is 10.2. The number of nitrogens with zero attached hydrogens (tertiary/aromatic N) is 4. The molecule has 9 aromatic carbocycles. The molecular weight excluding hydrogens is 753 g/mol. The SMILES string of the molecule is c1ccc(-c2cc(-c3cccc4c3c3c5ccccc5n(-c5ccccc5)c3n4-c3ccccc3)c3c(c2)c2c4ccccc4n(-c4ccccc4)c2n3-c2ccccc2)cc1. The summed E-state index contributed by atoms with van der Waals surface area (Å²) in [5.41, 5.74) is 16.2. The van der Waals surface area contributed by atoms with Gasteiger partial charge in [-0.15, -0.1) is 0 Å². The quantitative estimate of drug-likeness (QED) is 0.160. The predicted octanol–water partition coefficient (Wildman–Crippen LogP) is 15.1. The molecule has 290 valence electrons. The Bertz CT molecular complexity index is 3820. The number of para-hydroxylation sites is 6. The Labute approximate surface area is 358 Å². The van der Waals surface area contributed by atoms with Gasteiger partial charge in [-0.05, 0) is 95.6 Å². The molecule has 0 radical (unpaired) electrons. The van der Waals surface area contributed by atoms with Crippen molar-refractivity contribution in [3.8, 4) is 45.0 Å². The lowest BCUT2D eigenvalue weighted by Crippen LogP contribution is -2.02. The fourth-order valence-corrected chi connectivity index (χ4v) is 10.2. The Morgan fingerprint density at radius 2 is 0.661 bits per heavy atom. The minimum Gasteiger partial charge on any atom is -0.295 e. The van der Waals surface area contributed by atoms with E-state index >= 15 is 0 Å². The molecule has 0 N–H and O–H groups in total. The third-order valence-corrected chi connectivity index (χ3v) is 12.7. The zero-order valence-corrected chi connectivity index (χ0v) is 33.7. The summed E-state index contributed by atoms with van der Waals surface area (Å²) >= 11 is 0. The third-order valence-electron chi connectivity index (χ3n) is 12.7. The van der Waals surface area contributed by atoms with Crippen molar-refractivity contribution in [2.45, 2.75) is 0 Å². The molecular formula is C58H38N4. The van der Waals surface area contributed by atoms with E-state index in [9.17, 15) is 0 Å². The lowest BCUT2D eigenvalue weighted by molar-refractivity contribution is 1.07. The minimum atomic E-state index is 1.11. The van der Waals surface area contributed by atoms with Crippen LogP contribution in [0, 0.1) is 0 Å². The summed E-state index contributed by atoms with van der Waals surface area (Å²) in [6.45, 7) is 0. The maximum atomic E-state index is 2.53. The Balaban J connectivity index is 1.28. The van der Waals surface area contributed by atoms with Crippen LogP contribution >= 0.6 is 0 Å². The van der Waals surface area contributed by atoms with Crippen LogP contribution in [0.5, 0.6) is 0 Å². The summed E-state index contributed by atoms with van der Waals surface area (Å²) < 4.78 is 9.91. The van der Waals surface area contributed by atoms with Gasteiger partial charge in [0.15, 0.2) is 0 Å². The molecule has 4 aromatic heterocycles. The predicted molar refractivity (Wildman–Crippen MR) is 260 cm³/mol. The van der Waals surface area contributed by atoms with E-state index in [0.717, 1.165) is 39.6 Å². The van der Waals surface area contributed by atoms with Crippen LogP contribution in [-0.4, -0.2) is 18.3 Å². The number of hydrogen-bond donors (Lipinski definition) is 0. The summed E-state index contributed by atoms with van der Waals surface area (Å²) in [5, 5.41) is 7.36. The first-order chi connectivity index (χ1) is 30.8. The second-order valence-electron chi connectivity index (χ2n) is 16.1. The van der Waals surface area contributed by atoms with Gasteiger partial charge >= 0.3 is 0 Å². The smallest absolute Gasteiger partial charge is 0.131 e. The van der Waals surface area contributed by atoms with E-state index in [1.807, 2.05) is 0 Å². The van der Waals surface area contributed by atoms with Gasteiger partial charge in [-0.25, -0.2) is 0 Å². The number of aromatic nitrogens is 4. The van der Waals surface area contributed by atoms with Crippen molar-refractivity contribution >= 4 is 65.7 Å². The second-order valence-corrected chi connectivity index (χ2v) is 16.1. The summed E-state index contributed by atoms with van der Waals surface area (Å²) in [6, 6.07) is 83.9. The number of benzene rings is 9. The summed E-state index contributed by atoms with van der Waals surface area (Å²) in [7, 11) is 0. The molecule has 0 fully saturated rings. The Morgan fingerprint density at radius 3 is 1.21 bits per heavy atom. The highest BCUT2D eigenvalue weighted by Gasteiger charge is 2.28. The van der Waals surface area contributed by atoms with Gasteiger partial charge in [-0.1, -0.05) is 152 Å². The standard InChI is InChI=1S/C58H38N4/c1-6-21-39(22-7-1)40-37-48(56-49(38-40)53-46-31-16-18-34-50(46)59(41-23-8-2-9-24-41)57(53)62(56)44-29-14-5-15-30-44)45-33-20-36-52-54(45)55-47-32-17-19-35-51(47)60(42-25-10-3-11-26-42)58(55)61(52)43-27-12-4-13-28-43/h1-38H. The number of hydrogen-bond acceptors (Lipinski definition) is 0. The molecule has 0 saturated carbocycles. The van der Waals surface area contributed by atoms with Gasteiger partial charge in [-0.3, -0.25) is 18.3 Å². The van der Waals surface area contributed by atoms with Crippen LogP contribution in [0.1, 0.15) is 0 Å². The maximum Gasteiger partial charge on any atom is 0.131 e. The molecule has 0 bridgehead atoms. The topological polar surface area (TPSA) is 19.7 Å². The van der Waals surface area contributed by atoms with Gasteiger partial charge in [0.2, 0.25) is 0 Å². The molecule has 0 aliphatic carbocycles. The average molecular weight is 791 g/mol. The third kappa shape index (κ3) is 4.95. The highest BCUT2D eigenvalue weighted by molar-refractivity contribution is 6.29. The average Bonchev–Trinajstić information content (AvgIpc) is 4.07. The largest absolute Gasteiger partial charge is 0.295 e. The molecule has 0 unspecified atom stereocenters. The van der Waals surface area contributed by atoms with Gasteiger partial charge in [0.1, 0.15) is 11.3 Å². The monoisotopic (exact) mass is 790 g/mol. The molecule has 13 aromatic rings. The van der Waals surface area contributed by atoms with Crippen LogP contribution < -0.4 is 0 Å². The zero-order valence-electron chi connectivity index (χ0n) is 33.7. The molecule has 0 saturated heterocycles. The van der Waals surface area contributed by atoms with Gasteiger partial charge in [0.05, 0.1) is 22.1 Å². The van der Waals surface area contributed by atoms with E-state index in [-0.39, 0.29) is 0 Å². The number of rotatable bonds is 6. The minimum absolute atomic E-state index is 1.11. The molecule has 0 aliphatic rings. The van der Waals surface area contributed by atoms with Crippen molar-refractivity contribution in [1.29, 1.82) is 0 Å². The zero-order chi connectivity index (χ0) is 40.7. The molecule has 0 amide bonds. The lowest BCUT2D eigenvalue weighted by Gasteiger charge is -2.17. The highest BCUT2D eigenvalue weighted by Crippen LogP contribution is 2.49. The van der Waals surface area contributed by atoms with Crippen molar-refractivity contribution in [1.82, 2.24) is 18.3 Å². The van der Waals surface area contributed by atoms with Crippen molar-refractivity contribution < 1.29 is 0 Å². The van der Waals surface area contributed by atoms with Crippen LogP contribution in [0.2, 0.25) is 0 Å². The van der Waals surface area contributed by atoms with Crippen molar-refractivity contribution in [3.63, 3.8) is 0 Å². The van der Waals surface area contributed by atoms with E-state index in [1.165, 1.54) is 71.1 Å². The summed E-state index contributed by atoms with van der Waals surface area (Å²) in [6.07, 6.45) is 0. The summed E-state index contributed by atoms with van der Waals surface area (Å²) in [5.74, 6) is 0. The second kappa shape index (κ2) is 13.6.